The smallest absolute Gasteiger partial charge is 0.320 e. The van der Waals surface area contributed by atoms with Gasteiger partial charge in [-0.2, -0.15) is 0 Å². The van der Waals surface area contributed by atoms with Crippen molar-refractivity contribution in [2.75, 3.05) is 0 Å². The minimum atomic E-state index is -1.05. The van der Waals surface area contributed by atoms with E-state index in [2.05, 4.69) is 4.99 Å². The Labute approximate surface area is 116 Å². The molecule has 0 radical (unpaired) electrons. The predicted octanol–water partition coefficient (Wildman–Crippen LogP) is 0.566. The zero-order chi connectivity index (χ0) is 15.1. The van der Waals surface area contributed by atoms with E-state index >= 15 is 0 Å². The summed E-state index contributed by atoms with van der Waals surface area (Å²) in [7, 11) is 0. The van der Waals surface area contributed by atoms with Crippen molar-refractivity contribution >= 4 is 23.9 Å². The molecule has 1 rings (SSSR count). The van der Waals surface area contributed by atoms with E-state index in [-0.39, 0.29) is 18.6 Å². The van der Waals surface area contributed by atoms with Crippen LogP contribution in [0.1, 0.15) is 24.5 Å². The Morgan fingerprint density at radius 3 is 2.40 bits per heavy atom. The SMILES string of the molecule is CC(=O)CC(=O)N=Cc1ccc(CC(N)C(=O)O)cc1. The van der Waals surface area contributed by atoms with Crippen LogP contribution in [-0.4, -0.2) is 35.0 Å². The molecular formula is C14H16N2O4. The maximum atomic E-state index is 11.2. The van der Waals surface area contributed by atoms with E-state index in [0.717, 1.165) is 5.56 Å². The molecule has 0 fully saturated rings. The second-order valence-electron chi connectivity index (χ2n) is 4.42. The minimum Gasteiger partial charge on any atom is -0.480 e. The third kappa shape index (κ3) is 5.53. The summed E-state index contributed by atoms with van der Waals surface area (Å²) in [6, 6.07) is 5.91. The molecule has 1 aromatic carbocycles. The summed E-state index contributed by atoms with van der Waals surface area (Å²) in [5.74, 6) is -1.77. The molecule has 1 atom stereocenters. The maximum Gasteiger partial charge on any atom is 0.320 e. The van der Waals surface area contributed by atoms with Gasteiger partial charge in [-0.3, -0.25) is 14.4 Å². The average molecular weight is 276 g/mol. The van der Waals surface area contributed by atoms with Gasteiger partial charge < -0.3 is 10.8 Å². The lowest BCUT2D eigenvalue weighted by atomic mass is 10.1. The van der Waals surface area contributed by atoms with Gasteiger partial charge in [0.25, 0.3) is 5.91 Å². The Hall–Kier alpha value is -2.34. The highest BCUT2D eigenvalue weighted by Gasteiger charge is 2.11. The van der Waals surface area contributed by atoms with Gasteiger partial charge in [-0.25, -0.2) is 4.99 Å². The zero-order valence-corrected chi connectivity index (χ0v) is 11.1. The zero-order valence-electron chi connectivity index (χ0n) is 11.1. The first-order valence-corrected chi connectivity index (χ1v) is 6.02. The van der Waals surface area contributed by atoms with Crippen molar-refractivity contribution in [3.05, 3.63) is 35.4 Å². The number of carbonyl (C=O) groups is 3. The van der Waals surface area contributed by atoms with E-state index in [0.29, 0.717) is 5.56 Å². The first kappa shape index (κ1) is 15.7. The lowest BCUT2D eigenvalue weighted by Crippen LogP contribution is -2.32. The number of carbonyl (C=O) groups excluding carboxylic acids is 2. The quantitative estimate of drug-likeness (QED) is 0.583. The average Bonchev–Trinajstić information content (AvgIpc) is 2.37. The van der Waals surface area contributed by atoms with Crippen molar-refractivity contribution in [2.24, 2.45) is 10.7 Å². The molecule has 6 nitrogen and oxygen atoms in total. The summed E-state index contributed by atoms with van der Waals surface area (Å²) in [6.45, 7) is 1.33. The molecule has 1 unspecified atom stereocenters. The van der Waals surface area contributed by atoms with Crippen molar-refractivity contribution in [1.82, 2.24) is 0 Å². The number of carboxylic acid groups (broad SMARTS) is 1. The molecular weight excluding hydrogens is 260 g/mol. The van der Waals surface area contributed by atoms with Crippen LogP contribution in [0.15, 0.2) is 29.3 Å². The normalized spacial score (nSPS) is 12.3. The van der Waals surface area contributed by atoms with E-state index in [9.17, 15) is 14.4 Å². The molecule has 0 aliphatic carbocycles. The van der Waals surface area contributed by atoms with Crippen molar-refractivity contribution in [3.63, 3.8) is 0 Å². The van der Waals surface area contributed by atoms with Crippen LogP contribution in [0.4, 0.5) is 0 Å². The van der Waals surface area contributed by atoms with Gasteiger partial charge in [0, 0.05) is 6.21 Å². The fourth-order valence-corrected chi connectivity index (χ4v) is 1.49. The first-order valence-electron chi connectivity index (χ1n) is 6.02. The Balaban J connectivity index is 2.63. The van der Waals surface area contributed by atoms with E-state index in [4.69, 9.17) is 10.8 Å². The summed E-state index contributed by atoms with van der Waals surface area (Å²) in [5, 5.41) is 8.70. The molecule has 3 N–H and O–H groups in total. The van der Waals surface area contributed by atoms with Crippen LogP contribution in [0, 0.1) is 0 Å². The van der Waals surface area contributed by atoms with Crippen LogP contribution in [0.2, 0.25) is 0 Å². The Morgan fingerprint density at radius 2 is 1.90 bits per heavy atom. The molecule has 0 saturated heterocycles. The van der Waals surface area contributed by atoms with Gasteiger partial charge in [-0.15, -0.1) is 0 Å². The number of carboxylic acids is 1. The van der Waals surface area contributed by atoms with Gasteiger partial charge in [0.15, 0.2) is 0 Å². The minimum absolute atomic E-state index is 0.206. The molecule has 0 aliphatic rings. The van der Waals surface area contributed by atoms with Crippen LogP contribution in [0.5, 0.6) is 0 Å². The number of hydrogen-bond donors (Lipinski definition) is 2. The molecule has 0 aromatic heterocycles. The van der Waals surface area contributed by atoms with Gasteiger partial charge in [0.1, 0.15) is 11.8 Å². The number of rotatable bonds is 6. The summed E-state index contributed by atoms with van der Waals surface area (Å²) in [4.78, 5) is 36.2. The van der Waals surface area contributed by atoms with Gasteiger partial charge in [0.05, 0.1) is 6.42 Å². The molecule has 0 heterocycles. The van der Waals surface area contributed by atoms with Crippen molar-refractivity contribution in [2.45, 2.75) is 25.8 Å². The van der Waals surface area contributed by atoms with Gasteiger partial charge in [0.2, 0.25) is 0 Å². The Morgan fingerprint density at radius 1 is 1.30 bits per heavy atom. The molecule has 1 aromatic rings. The number of hydrogen-bond acceptors (Lipinski definition) is 4. The van der Waals surface area contributed by atoms with Crippen LogP contribution < -0.4 is 5.73 Å². The second kappa shape index (κ2) is 7.30. The molecule has 0 bridgehead atoms. The molecule has 1 amide bonds. The summed E-state index contributed by atoms with van der Waals surface area (Å²) in [5.41, 5.74) is 6.90. The molecule has 0 aliphatic heterocycles. The lowest BCUT2D eigenvalue weighted by molar-refractivity contribution is -0.138. The predicted molar refractivity (Wildman–Crippen MR) is 73.7 cm³/mol. The van der Waals surface area contributed by atoms with Crippen LogP contribution in [0.25, 0.3) is 0 Å². The van der Waals surface area contributed by atoms with E-state index in [1.165, 1.54) is 13.1 Å². The van der Waals surface area contributed by atoms with Gasteiger partial charge in [-0.1, -0.05) is 24.3 Å². The lowest BCUT2D eigenvalue weighted by Gasteiger charge is -2.06. The number of amides is 1. The van der Waals surface area contributed by atoms with Crippen LogP contribution in [-0.2, 0) is 20.8 Å². The van der Waals surface area contributed by atoms with Crippen molar-refractivity contribution < 1.29 is 19.5 Å². The highest BCUT2D eigenvalue weighted by Crippen LogP contribution is 2.05. The third-order valence-electron chi connectivity index (χ3n) is 2.51. The number of benzene rings is 1. The Bertz CT molecular complexity index is 535. The molecule has 0 spiro atoms. The van der Waals surface area contributed by atoms with E-state index in [1.807, 2.05) is 0 Å². The highest BCUT2D eigenvalue weighted by atomic mass is 16.4. The van der Waals surface area contributed by atoms with Crippen LogP contribution >= 0.6 is 0 Å². The van der Waals surface area contributed by atoms with Crippen molar-refractivity contribution in [1.29, 1.82) is 0 Å². The standard InChI is InChI=1S/C14H16N2O4/c1-9(17)6-13(18)16-8-11-4-2-10(3-5-11)7-12(15)14(19)20/h2-5,8,12H,6-7,15H2,1H3,(H,19,20). The molecule has 20 heavy (non-hydrogen) atoms. The molecule has 6 heteroatoms. The summed E-state index contributed by atoms with van der Waals surface area (Å²) < 4.78 is 0. The highest BCUT2D eigenvalue weighted by molar-refractivity contribution is 6.01. The van der Waals surface area contributed by atoms with Gasteiger partial charge in [-0.05, 0) is 24.5 Å². The van der Waals surface area contributed by atoms with Crippen LogP contribution in [0.3, 0.4) is 0 Å². The Kier molecular flexibility index (Phi) is 5.74. The number of aliphatic carboxylic acids is 1. The number of aliphatic imine (C=N–C) groups is 1. The fourth-order valence-electron chi connectivity index (χ4n) is 1.49. The summed E-state index contributed by atoms with van der Waals surface area (Å²) >= 11 is 0. The second-order valence-corrected chi connectivity index (χ2v) is 4.42. The topological polar surface area (TPSA) is 110 Å². The molecule has 106 valence electrons. The van der Waals surface area contributed by atoms with E-state index in [1.54, 1.807) is 24.3 Å². The largest absolute Gasteiger partial charge is 0.480 e. The monoisotopic (exact) mass is 276 g/mol. The summed E-state index contributed by atoms with van der Waals surface area (Å²) in [6.07, 6.45) is 1.39. The van der Waals surface area contributed by atoms with Gasteiger partial charge >= 0.3 is 5.97 Å². The third-order valence-corrected chi connectivity index (χ3v) is 2.51. The fraction of sp³-hybridized carbons (Fsp3) is 0.286. The number of Topliss-reactive ketones (excluding diaryl/α,β-unsaturated/α-hetero) is 1. The number of nitrogens with zero attached hydrogens (tertiary/aromatic N) is 1. The first-order chi connectivity index (χ1) is 9.38. The molecule has 0 saturated carbocycles. The number of nitrogens with two attached hydrogens (primary N) is 1. The van der Waals surface area contributed by atoms with E-state index < -0.39 is 17.9 Å². The number of ketones is 1. The van der Waals surface area contributed by atoms with Crippen molar-refractivity contribution in [3.8, 4) is 0 Å². The maximum absolute atomic E-state index is 11.2.